The number of carbonyl (C=O) groups is 1. The van der Waals surface area contributed by atoms with Gasteiger partial charge in [-0.3, -0.25) is 4.79 Å². The SMILES string of the molecule is COc1ccc(C(=O)CC(=S)NC2CCCCC2)cc1. The maximum atomic E-state index is 12.1. The topological polar surface area (TPSA) is 38.3 Å². The van der Waals surface area contributed by atoms with E-state index >= 15 is 0 Å². The Morgan fingerprint density at radius 1 is 1.25 bits per heavy atom. The zero-order chi connectivity index (χ0) is 14.4. The lowest BCUT2D eigenvalue weighted by Crippen LogP contribution is -2.36. The van der Waals surface area contributed by atoms with E-state index in [4.69, 9.17) is 17.0 Å². The summed E-state index contributed by atoms with van der Waals surface area (Å²) in [5, 5.41) is 3.33. The standard InChI is InChI=1S/C16H21NO2S/c1-19-14-9-7-12(8-10-14)15(18)11-16(20)17-13-5-3-2-4-6-13/h7-10,13H,2-6,11H2,1H3,(H,17,20). The van der Waals surface area contributed by atoms with Crippen molar-refractivity contribution in [2.45, 2.75) is 44.6 Å². The summed E-state index contributed by atoms with van der Waals surface area (Å²) in [6, 6.07) is 7.62. The van der Waals surface area contributed by atoms with Crippen LogP contribution in [0.1, 0.15) is 48.9 Å². The van der Waals surface area contributed by atoms with E-state index in [0.29, 0.717) is 16.6 Å². The zero-order valence-electron chi connectivity index (χ0n) is 11.9. The Hall–Kier alpha value is -1.42. The Bertz CT molecular complexity index is 464. The quantitative estimate of drug-likeness (QED) is 0.665. The number of nitrogens with one attached hydrogen (secondary N) is 1. The molecule has 0 unspecified atom stereocenters. The lowest BCUT2D eigenvalue weighted by atomic mass is 9.95. The maximum absolute atomic E-state index is 12.1. The van der Waals surface area contributed by atoms with Crippen LogP contribution in [-0.4, -0.2) is 23.9 Å². The third-order valence-electron chi connectivity index (χ3n) is 3.70. The molecule has 3 nitrogen and oxygen atoms in total. The molecule has 1 saturated carbocycles. The molecular weight excluding hydrogens is 270 g/mol. The molecule has 1 N–H and O–H groups in total. The van der Waals surface area contributed by atoms with E-state index in [9.17, 15) is 4.79 Å². The number of rotatable bonds is 5. The van der Waals surface area contributed by atoms with Crippen LogP contribution in [0, 0.1) is 0 Å². The van der Waals surface area contributed by atoms with E-state index in [1.54, 1.807) is 31.4 Å². The van der Waals surface area contributed by atoms with Crippen LogP contribution in [-0.2, 0) is 0 Å². The highest BCUT2D eigenvalue weighted by molar-refractivity contribution is 7.80. The molecular formula is C16H21NO2S. The van der Waals surface area contributed by atoms with Gasteiger partial charge in [0.25, 0.3) is 0 Å². The predicted molar refractivity (Wildman–Crippen MR) is 84.5 cm³/mol. The van der Waals surface area contributed by atoms with Crippen molar-refractivity contribution < 1.29 is 9.53 Å². The summed E-state index contributed by atoms with van der Waals surface area (Å²) in [6.45, 7) is 0. The Labute approximate surface area is 125 Å². The summed E-state index contributed by atoms with van der Waals surface area (Å²) in [6.07, 6.45) is 6.45. The minimum absolute atomic E-state index is 0.0564. The molecule has 20 heavy (non-hydrogen) atoms. The summed E-state index contributed by atoms with van der Waals surface area (Å²) in [5.41, 5.74) is 0.679. The van der Waals surface area contributed by atoms with Gasteiger partial charge in [-0.1, -0.05) is 31.5 Å². The predicted octanol–water partition coefficient (Wildman–Crippen LogP) is 3.52. The van der Waals surface area contributed by atoms with Gasteiger partial charge in [-0.05, 0) is 37.1 Å². The van der Waals surface area contributed by atoms with E-state index in [1.807, 2.05) is 0 Å². The third kappa shape index (κ3) is 4.30. The first-order chi connectivity index (χ1) is 9.69. The number of methoxy groups -OCH3 is 1. The van der Waals surface area contributed by atoms with E-state index in [2.05, 4.69) is 5.32 Å². The largest absolute Gasteiger partial charge is 0.497 e. The van der Waals surface area contributed by atoms with Crippen molar-refractivity contribution in [2.75, 3.05) is 7.11 Å². The number of Topliss-reactive ketones (excluding diaryl/α,β-unsaturated/α-hetero) is 1. The molecule has 1 fully saturated rings. The highest BCUT2D eigenvalue weighted by atomic mass is 32.1. The van der Waals surface area contributed by atoms with E-state index in [1.165, 1.54) is 19.3 Å². The molecule has 0 heterocycles. The van der Waals surface area contributed by atoms with Gasteiger partial charge in [-0.2, -0.15) is 0 Å². The highest BCUT2D eigenvalue weighted by Gasteiger charge is 2.16. The van der Waals surface area contributed by atoms with Crippen LogP contribution in [0.3, 0.4) is 0 Å². The monoisotopic (exact) mass is 291 g/mol. The molecule has 0 atom stereocenters. The van der Waals surface area contributed by atoms with Gasteiger partial charge in [0.05, 0.1) is 18.5 Å². The van der Waals surface area contributed by atoms with Crippen molar-refractivity contribution >= 4 is 23.0 Å². The van der Waals surface area contributed by atoms with Crippen molar-refractivity contribution in [1.82, 2.24) is 5.32 Å². The van der Waals surface area contributed by atoms with E-state index in [-0.39, 0.29) is 12.2 Å². The number of thiocarbonyl (C=S) groups is 1. The molecule has 0 amide bonds. The van der Waals surface area contributed by atoms with Gasteiger partial charge in [-0.15, -0.1) is 0 Å². The molecule has 0 saturated heterocycles. The number of hydrogen-bond acceptors (Lipinski definition) is 3. The molecule has 108 valence electrons. The van der Waals surface area contributed by atoms with Gasteiger partial charge in [-0.25, -0.2) is 0 Å². The fourth-order valence-electron chi connectivity index (χ4n) is 2.55. The zero-order valence-corrected chi connectivity index (χ0v) is 12.7. The number of ether oxygens (including phenoxy) is 1. The van der Waals surface area contributed by atoms with Crippen molar-refractivity contribution in [3.63, 3.8) is 0 Å². The van der Waals surface area contributed by atoms with E-state index in [0.717, 1.165) is 18.6 Å². The minimum atomic E-state index is 0.0564. The number of hydrogen-bond donors (Lipinski definition) is 1. The van der Waals surface area contributed by atoms with Crippen molar-refractivity contribution in [3.8, 4) is 5.75 Å². The molecule has 1 aliphatic carbocycles. The van der Waals surface area contributed by atoms with Crippen LogP contribution in [0.4, 0.5) is 0 Å². The van der Waals surface area contributed by atoms with E-state index < -0.39 is 0 Å². The van der Waals surface area contributed by atoms with Gasteiger partial charge >= 0.3 is 0 Å². The molecule has 1 aliphatic rings. The molecule has 0 aliphatic heterocycles. The van der Waals surface area contributed by atoms with Crippen LogP contribution in [0.2, 0.25) is 0 Å². The van der Waals surface area contributed by atoms with Crippen molar-refractivity contribution in [1.29, 1.82) is 0 Å². The fourth-order valence-corrected chi connectivity index (χ4v) is 2.85. The average Bonchev–Trinajstić information content (AvgIpc) is 2.48. The first-order valence-electron chi connectivity index (χ1n) is 7.15. The van der Waals surface area contributed by atoms with Crippen LogP contribution >= 0.6 is 12.2 Å². The third-order valence-corrected chi connectivity index (χ3v) is 3.97. The van der Waals surface area contributed by atoms with Crippen LogP contribution < -0.4 is 10.1 Å². The van der Waals surface area contributed by atoms with Crippen LogP contribution in [0.25, 0.3) is 0 Å². The second-order valence-corrected chi connectivity index (χ2v) is 5.72. The summed E-state index contributed by atoms with van der Waals surface area (Å²) < 4.78 is 5.08. The molecule has 0 aromatic heterocycles. The lowest BCUT2D eigenvalue weighted by molar-refractivity contribution is 0.1000. The highest BCUT2D eigenvalue weighted by Crippen LogP contribution is 2.18. The Balaban J connectivity index is 1.84. The summed E-state index contributed by atoms with van der Waals surface area (Å²) in [5.74, 6) is 0.811. The molecule has 1 aromatic carbocycles. The summed E-state index contributed by atoms with van der Waals surface area (Å²) in [7, 11) is 1.61. The lowest BCUT2D eigenvalue weighted by Gasteiger charge is -2.23. The molecule has 0 spiro atoms. The van der Waals surface area contributed by atoms with Crippen molar-refractivity contribution in [2.24, 2.45) is 0 Å². The minimum Gasteiger partial charge on any atom is -0.497 e. The average molecular weight is 291 g/mol. The molecule has 0 bridgehead atoms. The van der Waals surface area contributed by atoms with Gasteiger partial charge in [0.15, 0.2) is 5.78 Å². The van der Waals surface area contributed by atoms with Gasteiger partial charge in [0, 0.05) is 11.6 Å². The van der Waals surface area contributed by atoms with Crippen molar-refractivity contribution in [3.05, 3.63) is 29.8 Å². The number of benzene rings is 1. The number of carbonyl (C=O) groups excluding carboxylic acids is 1. The smallest absolute Gasteiger partial charge is 0.169 e. The molecule has 1 aromatic rings. The Morgan fingerprint density at radius 3 is 2.50 bits per heavy atom. The van der Waals surface area contributed by atoms with Gasteiger partial charge in [0.2, 0.25) is 0 Å². The number of ketones is 1. The van der Waals surface area contributed by atoms with Gasteiger partial charge in [0.1, 0.15) is 5.75 Å². The Kier molecular flexibility index (Phi) is 5.53. The molecule has 4 heteroatoms. The first kappa shape index (κ1) is 15.0. The second kappa shape index (κ2) is 7.39. The second-order valence-electron chi connectivity index (χ2n) is 5.23. The maximum Gasteiger partial charge on any atom is 0.169 e. The molecule has 0 radical (unpaired) electrons. The van der Waals surface area contributed by atoms with Gasteiger partial charge < -0.3 is 10.1 Å². The normalized spacial score (nSPS) is 15.7. The first-order valence-corrected chi connectivity index (χ1v) is 7.56. The summed E-state index contributed by atoms with van der Waals surface area (Å²) >= 11 is 5.30. The van der Waals surface area contributed by atoms with Crippen LogP contribution in [0.15, 0.2) is 24.3 Å². The fraction of sp³-hybridized carbons (Fsp3) is 0.500. The van der Waals surface area contributed by atoms with Crippen LogP contribution in [0.5, 0.6) is 5.75 Å². The molecule has 2 rings (SSSR count). The summed E-state index contributed by atoms with van der Waals surface area (Å²) in [4.78, 5) is 12.8. The Morgan fingerprint density at radius 2 is 1.90 bits per heavy atom.